The van der Waals surface area contributed by atoms with Gasteiger partial charge in [0, 0.05) is 38.7 Å². The highest BCUT2D eigenvalue weighted by molar-refractivity contribution is 5.80. The van der Waals surface area contributed by atoms with Crippen molar-refractivity contribution < 1.29 is 14.7 Å². The van der Waals surface area contributed by atoms with E-state index in [4.69, 9.17) is 5.11 Å². The third-order valence-corrected chi connectivity index (χ3v) is 5.74. The van der Waals surface area contributed by atoms with E-state index < -0.39 is 0 Å². The molecule has 2 aliphatic heterocycles. The fourth-order valence-corrected chi connectivity index (χ4v) is 4.37. The molecule has 0 bridgehead atoms. The highest BCUT2D eigenvalue weighted by Gasteiger charge is 2.39. The van der Waals surface area contributed by atoms with Gasteiger partial charge in [0.1, 0.15) is 0 Å². The molecule has 26 heavy (non-hydrogen) atoms. The molecule has 1 N–H and O–H groups in total. The van der Waals surface area contributed by atoms with E-state index in [1.165, 1.54) is 5.56 Å². The minimum atomic E-state index is 0.178. The van der Waals surface area contributed by atoms with Gasteiger partial charge in [-0.05, 0) is 44.1 Å². The largest absolute Gasteiger partial charge is 0.396 e. The van der Waals surface area contributed by atoms with Crippen molar-refractivity contribution in [3.8, 4) is 0 Å². The predicted octanol–water partition coefficient (Wildman–Crippen LogP) is 2.15. The monoisotopic (exact) mass is 358 g/mol. The molecule has 2 fully saturated rings. The lowest BCUT2D eigenvalue weighted by Crippen LogP contribution is -2.57. The maximum atomic E-state index is 12.7. The van der Waals surface area contributed by atoms with E-state index in [2.05, 4.69) is 6.07 Å². The van der Waals surface area contributed by atoms with Crippen molar-refractivity contribution in [3.05, 3.63) is 35.4 Å². The molecule has 3 rings (SSSR count). The highest BCUT2D eigenvalue weighted by atomic mass is 16.3. The van der Waals surface area contributed by atoms with Gasteiger partial charge in [-0.15, -0.1) is 0 Å². The Bertz CT molecular complexity index is 646. The number of rotatable bonds is 6. The van der Waals surface area contributed by atoms with Crippen LogP contribution in [0.25, 0.3) is 0 Å². The predicted molar refractivity (Wildman–Crippen MR) is 101 cm³/mol. The van der Waals surface area contributed by atoms with Gasteiger partial charge in [0.05, 0.1) is 6.42 Å². The Hall–Kier alpha value is -1.88. The summed E-state index contributed by atoms with van der Waals surface area (Å²) >= 11 is 0. The van der Waals surface area contributed by atoms with Gasteiger partial charge in [-0.1, -0.05) is 29.8 Å². The van der Waals surface area contributed by atoms with E-state index in [9.17, 15) is 9.59 Å². The van der Waals surface area contributed by atoms with Crippen LogP contribution in [0.3, 0.4) is 0 Å². The van der Waals surface area contributed by atoms with E-state index in [1.54, 1.807) is 0 Å². The van der Waals surface area contributed by atoms with E-state index >= 15 is 0 Å². The van der Waals surface area contributed by atoms with Crippen molar-refractivity contribution in [3.63, 3.8) is 0 Å². The van der Waals surface area contributed by atoms with Gasteiger partial charge in [-0.2, -0.15) is 0 Å². The Labute approximate surface area is 156 Å². The molecule has 2 saturated heterocycles. The zero-order chi connectivity index (χ0) is 18.5. The van der Waals surface area contributed by atoms with Crippen molar-refractivity contribution in [1.82, 2.24) is 9.80 Å². The Morgan fingerprint density at radius 1 is 1.27 bits per heavy atom. The molecule has 142 valence electrons. The van der Waals surface area contributed by atoms with Gasteiger partial charge < -0.3 is 14.9 Å². The van der Waals surface area contributed by atoms with Crippen molar-refractivity contribution in [2.75, 3.05) is 26.2 Å². The molecule has 0 spiro atoms. The molecule has 2 atom stereocenters. The number of fused-ring (bicyclic) bond motifs is 1. The highest BCUT2D eigenvalue weighted by Crippen LogP contribution is 2.31. The van der Waals surface area contributed by atoms with Gasteiger partial charge >= 0.3 is 0 Å². The van der Waals surface area contributed by atoms with Gasteiger partial charge in [-0.25, -0.2) is 0 Å². The molecule has 2 amide bonds. The molecule has 5 heteroatoms. The van der Waals surface area contributed by atoms with Crippen LogP contribution >= 0.6 is 0 Å². The van der Waals surface area contributed by atoms with Crippen LogP contribution in [0.2, 0.25) is 0 Å². The third-order valence-electron chi connectivity index (χ3n) is 5.74. The lowest BCUT2D eigenvalue weighted by molar-refractivity contribution is -0.144. The second-order valence-electron chi connectivity index (χ2n) is 7.68. The average Bonchev–Trinajstić information content (AvgIpc) is 2.63. The number of benzene rings is 1. The molecule has 1 aromatic carbocycles. The lowest BCUT2D eigenvalue weighted by atomic mass is 9.83. The first-order valence-electron chi connectivity index (χ1n) is 9.82. The normalized spacial score (nSPS) is 23.1. The molecule has 1 aromatic rings. The summed E-state index contributed by atoms with van der Waals surface area (Å²) in [6.07, 6.45) is 4.38. The zero-order valence-corrected chi connectivity index (χ0v) is 15.7. The number of likely N-dealkylation sites (tertiary alicyclic amines) is 2. The summed E-state index contributed by atoms with van der Waals surface area (Å²) < 4.78 is 0. The number of amides is 2. The summed E-state index contributed by atoms with van der Waals surface area (Å²) in [5.74, 6) is 0.818. The number of aliphatic hydroxyl groups is 1. The summed E-state index contributed by atoms with van der Waals surface area (Å²) in [5, 5.41) is 8.98. The molecule has 2 heterocycles. The molecular formula is C21H30N2O3. The molecule has 0 aromatic heterocycles. The third kappa shape index (κ3) is 4.44. The lowest BCUT2D eigenvalue weighted by Gasteiger charge is -2.47. The van der Waals surface area contributed by atoms with E-state index in [1.807, 2.05) is 34.9 Å². The van der Waals surface area contributed by atoms with E-state index in [0.29, 0.717) is 18.8 Å². The van der Waals surface area contributed by atoms with Gasteiger partial charge in [0.2, 0.25) is 11.8 Å². The van der Waals surface area contributed by atoms with Crippen LogP contribution in [0.1, 0.15) is 43.2 Å². The molecule has 0 unspecified atom stereocenters. The first kappa shape index (κ1) is 18.9. The molecule has 2 aliphatic rings. The summed E-state index contributed by atoms with van der Waals surface area (Å²) in [6, 6.07) is 8.40. The summed E-state index contributed by atoms with van der Waals surface area (Å²) in [5.41, 5.74) is 2.25. The number of carbonyl (C=O) groups excluding carboxylic acids is 2. The van der Waals surface area contributed by atoms with Crippen molar-refractivity contribution in [2.24, 2.45) is 5.92 Å². The molecule has 0 radical (unpaired) electrons. The Morgan fingerprint density at radius 2 is 2.12 bits per heavy atom. The summed E-state index contributed by atoms with van der Waals surface area (Å²) in [4.78, 5) is 29.1. The van der Waals surface area contributed by atoms with Crippen LogP contribution in [0.4, 0.5) is 0 Å². The van der Waals surface area contributed by atoms with Gasteiger partial charge in [0.15, 0.2) is 0 Å². The molecule has 0 aliphatic carbocycles. The number of carbonyl (C=O) groups is 2. The van der Waals surface area contributed by atoms with Crippen LogP contribution < -0.4 is 0 Å². The second kappa shape index (κ2) is 8.67. The van der Waals surface area contributed by atoms with E-state index in [-0.39, 0.29) is 24.5 Å². The number of hydrogen-bond donors (Lipinski definition) is 1. The summed E-state index contributed by atoms with van der Waals surface area (Å²) in [6.45, 7) is 4.45. The number of nitrogens with zero attached hydrogens (tertiary/aromatic N) is 2. The Morgan fingerprint density at radius 3 is 2.88 bits per heavy atom. The molecular weight excluding hydrogens is 328 g/mol. The SMILES string of the molecule is Cc1cccc(CC(=O)N2CC[C@@H]3[C@@H](CCC(=O)N3CCCCO)C2)c1. The van der Waals surface area contributed by atoms with Crippen LogP contribution in [-0.2, 0) is 16.0 Å². The number of aryl methyl sites for hydroxylation is 1. The fourth-order valence-electron chi connectivity index (χ4n) is 4.37. The first-order valence-corrected chi connectivity index (χ1v) is 9.82. The molecule has 0 saturated carbocycles. The van der Waals surface area contributed by atoms with Crippen LogP contribution in [0.15, 0.2) is 24.3 Å². The average molecular weight is 358 g/mol. The fraction of sp³-hybridized carbons (Fsp3) is 0.619. The maximum Gasteiger partial charge on any atom is 0.227 e. The number of hydrogen-bond acceptors (Lipinski definition) is 3. The topological polar surface area (TPSA) is 60.9 Å². The maximum absolute atomic E-state index is 12.7. The number of piperidine rings is 2. The Kier molecular flexibility index (Phi) is 6.30. The first-order chi connectivity index (χ1) is 12.6. The second-order valence-corrected chi connectivity index (χ2v) is 7.68. The quantitative estimate of drug-likeness (QED) is 0.793. The zero-order valence-electron chi connectivity index (χ0n) is 15.7. The molecule has 5 nitrogen and oxygen atoms in total. The summed E-state index contributed by atoms with van der Waals surface area (Å²) in [7, 11) is 0. The van der Waals surface area contributed by atoms with Crippen molar-refractivity contribution >= 4 is 11.8 Å². The van der Waals surface area contributed by atoms with Crippen LogP contribution in [0.5, 0.6) is 0 Å². The van der Waals surface area contributed by atoms with E-state index in [0.717, 1.165) is 50.9 Å². The minimum absolute atomic E-state index is 0.178. The number of unbranched alkanes of at least 4 members (excludes halogenated alkanes) is 1. The van der Waals surface area contributed by atoms with Gasteiger partial charge in [-0.3, -0.25) is 9.59 Å². The standard InChI is InChI=1S/C21H30N2O3/c1-16-5-4-6-17(13-16)14-21(26)22-11-9-19-18(15-22)7-8-20(25)23(19)10-2-3-12-24/h4-6,13,18-19,24H,2-3,7-12,14-15H2,1H3/t18-,19+/m0/s1. The van der Waals surface area contributed by atoms with Crippen molar-refractivity contribution in [2.45, 2.75) is 51.5 Å². The smallest absolute Gasteiger partial charge is 0.227 e. The number of aliphatic hydroxyl groups excluding tert-OH is 1. The Balaban J connectivity index is 1.58. The van der Waals surface area contributed by atoms with Crippen LogP contribution in [0, 0.1) is 12.8 Å². The van der Waals surface area contributed by atoms with Crippen molar-refractivity contribution in [1.29, 1.82) is 0 Å². The van der Waals surface area contributed by atoms with Gasteiger partial charge in [0.25, 0.3) is 0 Å². The minimum Gasteiger partial charge on any atom is -0.396 e. The van der Waals surface area contributed by atoms with Crippen LogP contribution in [-0.4, -0.2) is 59.0 Å².